The third-order valence-corrected chi connectivity index (χ3v) is 3.55. The summed E-state index contributed by atoms with van der Waals surface area (Å²) in [7, 11) is 3.87. The monoisotopic (exact) mass is 359 g/mol. The van der Waals surface area contributed by atoms with E-state index in [0.29, 0.717) is 6.54 Å². The molecule has 132 valence electrons. The van der Waals surface area contributed by atoms with Crippen molar-refractivity contribution in [1.82, 2.24) is 0 Å². The molecule has 0 spiro atoms. The molecule has 0 radical (unpaired) electrons. The van der Waals surface area contributed by atoms with Gasteiger partial charge in [-0.25, -0.2) is 0 Å². The van der Waals surface area contributed by atoms with E-state index in [4.69, 9.17) is 11.6 Å². The van der Waals surface area contributed by atoms with Crippen molar-refractivity contribution in [1.29, 1.82) is 0 Å². The number of carbonyl (C=O) groups is 2. The molecule has 24 heavy (non-hydrogen) atoms. The number of nitrogens with two attached hydrogens (primary N) is 1. The summed E-state index contributed by atoms with van der Waals surface area (Å²) in [6.45, 7) is 1.26. The number of halogens is 1. The first-order valence-electron chi connectivity index (χ1n) is 7.27. The predicted octanol–water partition coefficient (Wildman–Crippen LogP) is -2.60. The Morgan fingerprint density at radius 3 is 2.62 bits per heavy atom. The molecule has 0 saturated carbocycles. The van der Waals surface area contributed by atoms with Gasteiger partial charge in [-0.15, -0.1) is 0 Å². The van der Waals surface area contributed by atoms with Crippen LogP contribution in [0.2, 0.25) is 5.02 Å². The molecule has 1 amide bonds. The fourth-order valence-electron chi connectivity index (χ4n) is 1.98. The molecule has 0 aromatic heterocycles. The van der Waals surface area contributed by atoms with E-state index in [1.165, 1.54) is 17.4 Å². The molecule has 1 aromatic rings. The summed E-state index contributed by atoms with van der Waals surface area (Å²) in [6, 6.07) is 2.79. The van der Waals surface area contributed by atoms with E-state index in [1.54, 1.807) is 0 Å². The maximum absolute atomic E-state index is 12.0. The van der Waals surface area contributed by atoms with Crippen LogP contribution in [0, 0.1) is 10.1 Å². The van der Waals surface area contributed by atoms with Crippen LogP contribution in [0.4, 0.5) is 11.4 Å². The largest absolute Gasteiger partial charge is 0.544 e. The van der Waals surface area contributed by atoms with Gasteiger partial charge in [0.2, 0.25) is 5.91 Å². The van der Waals surface area contributed by atoms with Crippen molar-refractivity contribution in [3.05, 3.63) is 33.3 Å². The quantitative estimate of drug-likeness (QED) is 0.328. The van der Waals surface area contributed by atoms with Gasteiger partial charge < -0.3 is 25.4 Å². The maximum atomic E-state index is 12.0. The molecular weight excluding hydrogens is 340 g/mol. The molecule has 0 heterocycles. The lowest BCUT2D eigenvalue weighted by Crippen LogP contribution is -3.10. The second-order valence-corrected chi connectivity index (χ2v) is 5.99. The van der Waals surface area contributed by atoms with Crippen molar-refractivity contribution in [2.75, 3.05) is 32.5 Å². The van der Waals surface area contributed by atoms with E-state index in [0.717, 1.165) is 17.5 Å². The number of benzene rings is 1. The van der Waals surface area contributed by atoms with Gasteiger partial charge in [0.25, 0.3) is 5.69 Å². The number of quaternary nitrogens is 2. The van der Waals surface area contributed by atoms with Crippen molar-refractivity contribution in [3.63, 3.8) is 0 Å². The summed E-state index contributed by atoms with van der Waals surface area (Å²) >= 11 is 5.69. The Morgan fingerprint density at radius 1 is 1.42 bits per heavy atom. The minimum absolute atomic E-state index is 0.0508. The van der Waals surface area contributed by atoms with Crippen LogP contribution in [0.15, 0.2) is 18.2 Å². The Hall–Kier alpha value is -2.23. The fraction of sp³-hybridized carbons (Fsp3) is 0.429. The van der Waals surface area contributed by atoms with Gasteiger partial charge in [-0.3, -0.25) is 14.9 Å². The van der Waals surface area contributed by atoms with Crippen molar-refractivity contribution < 1.29 is 29.8 Å². The number of carbonyl (C=O) groups excluding carboxylic acids is 2. The summed E-state index contributed by atoms with van der Waals surface area (Å²) < 4.78 is 0. The van der Waals surface area contributed by atoms with E-state index in [9.17, 15) is 24.8 Å². The highest BCUT2D eigenvalue weighted by molar-refractivity contribution is 6.32. The van der Waals surface area contributed by atoms with E-state index in [1.807, 2.05) is 14.1 Å². The summed E-state index contributed by atoms with van der Waals surface area (Å²) in [6.07, 6.45) is -0.304. The zero-order valence-corrected chi connectivity index (χ0v) is 14.1. The molecule has 4 N–H and O–H groups in total. The second kappa shape index (κ2) is 9.16. The Labute approximate surface area is 143 Å². The number of aliphatic carboxylic acids is 1. The molecule has 0 aliphatic heterocycles. The first-order chi connectivity index (χ1) is 11.2. The molecule has 1 rings (SSSR count). The topological polar surface area (TPSA) is 133 Å². The number of likely N-dealkylation sites (N-methyl/N-ethyl adjacent to an activating group) is 1. The number of amides is 1. The molecule has 10 heteroatoms. The van der Waals surface area contributed by atoms with E-state index in [-0.39, 0.29) is 22.8 Å². The van der Waals surface area contributed by atoms with Gasteiger partial charge in [-0.2, -0.15) is 0 Å². The zero-order valence-electron chi connectivity index (χ0n) is 13.4. The molecule has 0 aliphatic rings. The number of nitrogens with one attached hydrogen (secondary N) is 2. The minimum Gasteiger partial charge on any atom is -0.544 e. The summed E-state index contributed by atoms with van der Waals surface area (Å²) in [5.41, 5.74) is -0.169. The van der Waals surface area contributed by atoms with Crippen LogP contribution in [0.3, 0.4) is 0 Å². The number of carboxylic acid groups (broad SMARTS) is 1. The second-order valence-electron chi connectivity index (χ2n) is 5.58. The number of nitro groups is 1. The Balaban J connectivity index is 2.67. The van der Waals surface area contributed by atoms with Gasteiger partial charge in [0.1, 0.15) is 24.2 Å². The van der Waals surface area contributed by atoms with Gasteiger partial charge in [0, 0.05) is 11.8 Å². The molecule has 1 atom stereocenters. The van der Waals surface area contributed by atoms with Crippen molar-refractivity contribution in [2.24, 2.45) is 0 Å². The number of anilines is 1. The normalized spacial score (nSPS) is 12.0. The highest BCUT2D eigenvalue weighted by Crippen LogP contribution is 2.27. The van der Waals surface area contributed by atoms with Gasteiger partial charge in [0.05, 0.1) is 31.4 Å². The minimum atomic E-state index is -1.33. The van der Waals surface area contributed by atoms with Gasteiger partial charge in [0.15, 0.2) is 0 Å². The van der Waals surface area contributed by atoms with Crippen LogP contribution >= 0.6 is 11.6 Å². The van der Waals surface area contributed by atoms with Crippen LogP contribution in [-0.4, -0.2) is 50.0 Å². The lowest BCUT2D eigenvalue weighted by Gasteiger charge is -2.17. The van der Waals surface area contributed by atoms with E-state index >= 15 is 0 Å². The maximum Gasteiger partial charge on any atom is 0.289 e. The fourth-order valence-corrected chi connectivity index (χ4v) is 2.16. The third-order valence-electron chi connectivity index (χ3n) is 3.23. The number of rotatable bonds is 9. The van der Waals surface area contributed by atoms with Crippen LogP contribution in [-0.2, 0) is 9.59 Å². The smallest absolute Gasteiger partial charge is 0.289 e. The number of hydrogen-bond donors (Lipinski definition) is 3. The third kappa shape index (κ3) is 6.49. The molecular formula is C14H20ClN4O5+. The molecule has 0 bridgehead atoms. The molecule has 0 saturated heterocycles. The number of nitro benzene ring substituents is 1. The highest BCUT2D eigenvalue weighted by atomic mass is 35.5. The van der Waals surface area contributed by atoms with Gasteiger partial charge in [-0.05, 0) is 12.1 Å². The molecule has 0 unspecified atom stereocenters. The molecule has 0 fully saturated rings. The van der Waals surface area contributed by atoms with Crippen molar-refractivity contribution in [2.45, 2.75) is 12.5 Å². The first-order valence-corrected chi connectivity index (χ1v) is 7.65. The van der Waals surface area contributed by atoms with Crippen LogP contribution < -0.4 is 20.6 Å². The van der Waals surface area contributed by atoms with Gasteiger partial charge >= 0.3 is 0 Å². The number of hydrogen-bond acceptors (Lipinski definition) is 5. The lowest BCUT2D eigenvalue weighted by atomic mass is 10.2. The molecule has 9 nitrogen and oxygen atoms in total. The molecule has 0 aliphatic carbocycles. The highest BCUT2D eigenvalue weighted by Gasteiger charge is 2.20. The average Bonchev–Trinajstić information content (AvgIpc) is 2.47. The van der Waals surface area contributed by atoms with E-state index < -0.39 is 22.8 Å². The summed E-state index contributed by atoms with van der Waals surface area (Å²) in [5, 5.41) is 25.8. The first kappa shape index (κ1) is 19.8. The average molecular weight is 360 g/mol. The summed E-state index contributed by atoms with van der Waals surface area (Å²) in [4.78, 5) is 34.4. The van der Waals surface area contributed by atoms with Crippen LogP contribution in [0.5, 0.6) is 0 Å². The number of carboxylic acids is 1. The Kier molecular flexibility index (Phi) is 7.56. The SMILES string of the molecule is C[NH+](C)CC[NH2+][C@@H](CC(=O)Nc1ccc(Cl)c([N+](=O)[O-])c1)C(=O)[O-]. The standard InChI is InChI=1S/C14H19ClN4O5/c1-18(2)6-5-16-11(14(21)22)8-13(20)17-9-3-4-10(15)12(7-9)19(23)24/h3-4,7,11,16H,5-6,8H2,1-2H3,(H,17,20)(H,21,22)/p+1/t11-/m0/s1. The summed E-state index contributed by atoms with van der Waals surface area (Å²) in [5.74, 6) is -1.91. The van der Waals surface area contributed by atoms with Crippen molar-refractivity contribution >= 4 is 34.9 Å². The Bertz CT molecular complexity index is 623. The van der Waals surface area contributed by atoms with Crippen LogP contribution in [0.25, 0.3) is 0 Å². The zero-order chi connectivity index (χ0) is 18.3. The van der Waals surface area contributed by atoms with Gasteiger partial charge in [-0.1, -0.05) is 11.6 Å². The van der Waals surface area contributed by atoms with Crippen molar-refractivity contribution in [3.8, 4) is 0 Å². The molecule has 1 aromatic carbocycles. The van der Waals surface area contributed by atoms with Crippen LogP contribution in [0.1, 0.15) is 6.42 Å². The Morgan fingerprint density at radius 2 is 2.08 bits per heavy atom. The lowest BCUT2D eigenvalue weighted by molar-refractivity contribution is -0.876. The predicted molar refractivity (Wildman–Crippen MR) is 84.6 cm³/mol. The number of nitrogens with zero attached hydrogens (tertiary/aromatic N) is 1. The van der Waals surface area contributed by atoms with E-state index in [2.05, 4.69) is 5.32 Å².